The fraction of sp³-hybridized carbons (Fsp3) is 0.278. The highest BCUT2D eigenvalue weighted by Gasteiger charge is 2.23. The van der Waals surface area contributed by atoms with E-state index in [9.17, 15) is 13.2 Å². The van der Waals surface area contributed by atoms with Crippen molar-refractivity contribution in [1.29, 1.82) is 0 Å². The molecule has 0 unspecified atom stereocenters. The van der Waals surface area contributed by atoms with Crippen LogP contribution in [0, 0.1) is 0 Å². The van der Waals surface area contributed by atoms with Crippen molar-refractivity contribution in [2.24, 2.45) is 0 Å². The van der Waals surface area contributed by atoms with E-state index in [-0.39, 0.29) is 12.5 Å². The molecule has 0 aromatic heterocycles. The lowest BCUT2D eigenvalue weighted by molar-refractivity contribution is -0.129. The smallest absolute Gasteiger partial charge is 0.243 e. The van der Waals surface area contributed by atoms with Crippen LogP contribution in [0.25, 0.3) is 0 Å². The molecule has 0 spiro atoms. The molecule has 0 N–H and O–H groups in total. The second-order valence-corrected chi connectivity index (χ2v) is 7.41. The van der Waals surface area contributed by atoms with Crippen molar-refractivity contribution in [2.75, 3.05) is 23.7 Å². The van der Waals surface area contributed by atoms with Crippen molar-refractivity contribution in [3.63, 3.8) is 0 Å². The highest BCUT2D eigenvalue weighted by molar-refractivity contribution is 7.92. The molecule has 0 saturated carbocycles. The summed E-state index contributed by atoms with van der Waals surface area (Å²) in [6.07, 6.45) is 1.11. The van der Waals surface area contributed by atoms with E-state index in [0.717, 1.165) is 16.1 Å². The molecule has 0 fully saturated rings. The number of hydrogen-bond donors (Lipinski definition) is 0. The maximum atomic E-state index is 12.6. The van der Waals surface area contributed by atoms with Crippen LogP contribution in [-0.4, -0.2) is 38.6 Å². The van der Waals surface area contributed by atoms with Gasteiger partial charge in [-0.15, -0.1) is 0 Å². The van der Waals surface area contributed by atoms with Gasteiger partial charge >= 0.3 is 0 Å². The summed E-state index contributed by atoms with van der Waals surface area (Å²) in [5.41, 5.74) is 1.50. The summed E-state index contributed by atoms with van der Waals surface area (Å²) in [5.74, 6) is -0.226. The van der Waals surface area contributed by atoms with Gasteiger partial charge in [0.2, 0.25) is 15.9 Å². The van der Waals surface area contributed by atoms with Crippen LogP contribution in [0.2, 0.25) is 0 Å². The van der Waals surface area contributed by atoms with Crippen molar-refractivity contribution >= 4 is 21.6 Å². The van der Waals surface area contributed by atoms with Crippen LogP contribution < -0.4 is 4.31 Å². The number of amides is 1. The summed E-state index contributed by atoms with van der Waals surface area (Å²) in [7, 11) is -3.54. The average Bonchev–Trinajstić information content (AvgIpc) is 2.58. The molecule has 0 aliphatic rings. The lowest BCUT2D eigenvalue weighted by atomic mass is 10.2. The highest BCUT2D eigenvalue weighted by atomic mass is 32.2. The lowest BCUT2D eigenvalue weighted by Gasteiger charge is -2.27. The van der Waals surface area contributed by atoms with E-state index < -0.39 is 10.0 Å². The molecule has 24 heavy (non-hydrogen) atoms. The van der Waals surface area contributed by atoms with Gasteiger partial charge in [0.15, 0.2) is 0 Å². The van der Waals surface area contributed by atoms with Gasteiger partial charge in [0.25, 0.3) is 0 Å². The molecule has 0 aliphatic heterocycles. The van der Waals surface area contributed by atoms with E-state index >= 15 is 0 Å². The van der Waals surface area contributed by atoms with E-state index in [1.165, 1.54) is 0 Å². The zero-order valence-corrected chi connectivity index (χ0v) is 14.7. The third kappa shape index (κ3) is 4.83. The number of carbonyl (C=O) groups is 1. The predicted octanol–water partition coefficient (Wildman–Crippen LogP) is 2.50. The largest absolute Gasteiger partial charge is 0.337 e. The van der Waals surface area contributed by atoms with Crippen LogP contribution in [0.15, 0.2) is 60.7 Å². The number of para-hydroxylation sites is 1. The molecule has 2 aromatic rings. The second kappa shape index (κ2) is 7.97. The lowest BCUT2D eigenvalue weighted by Crippen LogP contribution is -2.42. The zero-order chi connectivity index (χ0) is 17.6. The van der Waals surface area contributed by atoms with E-state index in [1.807, 2.05) is 37.3 Å². The van der Waals surface area contributed by atoms with Crippen LogP contribution in [0.4, 0.5) is 5.69 Å². The van der Waals surface area contributed by atoms with E-state index in [4.69, 9.17) is 0 Å². The quantitative estimate of drug-likeness (QED) is 0.774. The SMILES string of the molecule is CCN(Cc1ccccc1)C(=O)CN(c1ccccc1)S(C)(=O)=O. The maximum absolute atomic E-state index is 12.6. The maximum Gasteiger partial charge on any atom is 0.243 e. The summed E-state index contributed by atoms with van der Waals surface area (Å²) in [5, 5.41) is 0. The summed E-state index contributed by atoms with van der Waals surface area (Å²) in [6.45, 7) is 2.65. The molecule has 0 saturated heterocycles. The third-order valence-electron chi connectivity index (χ3n) is 3.67. The Morgan fingerprint density at radius 3 is 2.00 bits per heavy atom. The minimum absolute atomic E-state index is 0.205. The van der Waals surface area contributed by atoms with Crippen molar-refractivity contribution in [3.05, 3.63) is 66.2 Å². The molecule has 0 radical (unpaired) electrons. The van der Waals surface area contributed by atoms with Crippen LogP contribution in [0.5, 0.6) is 0 Å². The summed E-state index contributed by atoms with van der Waals surface area (Å²) in [4.78, 5) is 14.3. The number of likely N-dealkylation sites (N-methyl/N-ethyl adjacent to an activating group) is 1. The second-order valence-electron chi connectivity index (χ2n) is 5.50. The minimum atomic E-state index is -3.54. The molecule has 128 valence electrons. The molecule has 0 heterocycles. The fourth-order valence-electron chi connectivity index (χ4n) is 2.40. The van der Waals surface area contributed by atoms with Gasteiger partial charge in [0.1, 0.15) is 6.54 Å². The monoisotopic (exact) mass is 346 g/mol. The van der Waals surface area contributed by atoms with E-state index in [2.05, 4.69) is 0 Å². The van der Waals surface area contributed by atoms with Gasteiger partial charge < -0.3 is 4.90 Å². The van der Waals surface area contributed by atoms with Crippen LogP contribution in [0.1, 0.15) is 12.5 Å². The Morgan fingerprint density at radius 2 is 1.50 bits per heavy atom. The molecule has 0 bridgehead atoms. The number of anilines is 1. The molecule has 1 amide bonds. The van der Waals surface area contributed by atoms with Gasteiger partial charge in [0.05, 0.1) is 11.9 Å². The van der Waals surface area contributed by atoms with Gasteiger partial charge in [0, 0.05) is 13.1 Å². The summed E-state index contributed by atoms with van der Waals surface area (Å²) < 4.78 is 25.3. The van der Waals surface area contributed by atoms with Gasteiger partial charge in [-0.3, -0.25) is 9.10 Å². The van der Waals surface area contributed by atoms with Crippen LogP contribution in [-0.2, 0) is 21.4 Å². The number of hydrogen-bond acceptors (Lipinski definition) is 3. The van der Waals surface area contributed by atoms with Gasteiger partial charge in [-0.05, 0) is 24.6 Å². The van der Waals surface area contributed by atoms with Crippen molar-refractivity contribution in [2.45, 2.75) is 13.5 Å². The first-order chi connectivity index (χ1) is 11.4. The first-order valence-corrected chi connectivity index (χ1v) is 9.61. The number of sulfonamides is 1. The Hall–Kier alpha value is -2.34. The Balaban J connectivity index is 2.17. The standard InChI is InChI=1S/C18H22N2O3S/c1-3-19(14-16-10-6-4-7-11-16)18(21)15-20(24(2,22)23)17-12-8-5-9-13-17/h4-13H,3,14-15H2,1-2H3. The molecule has 0 atom stereocenters. The van der Waals surface area contributed by atoms with Crippen molar-refractivity contribution in [3.8, 4) is 0 Å². The molecule has 6 heteroatoms. The highest BCUT2D eigenvalue weighted by Crippen LogP contribution is 2.17. The number of rotatable bonds is 7. The molecule has 5 nitrogen and oxygen atoms in total. The van der Waals surface area contributed by atoms with Crippen LogP contribution in [0.3, 0.4) is 0 Å². The van der Waals surface area contributed by atoms with Gasteiger partial charge in [-0.25, -0.2) is 8.42 Å². The number of carbonyl (C=O) groups excluding carboxylic acids is 1. The Kier molecular flexibility index (Phi) is 5.98. The minimum Gasteiger partial charge on any atom is -0.337 e. The molecular weight excluding hydrogens is 324 g/mol. The normalized spacial score (nSPS) is 11.1. The van der Waals surface area contributed by atoms with Crippen molar-refractivity contribution < 1.29 is 13.2 Å². The molecule has 2 rings (SSSR count). The first-order valence-electron chi connectivity index (χ1n) is 7.76. The number of nitrogens with zero attached hydrogens (tertiary/aromatic N) is 2. The fourth-order valence-corrected chi connectivity index (χ4v) is 3.25. The first kappa shape index (κ1) is 18.0. The molecule has 2 aromatic carbocycles. The molecular formula is C18H22N2O3S. The summed E-state index contributed by atoms with van der Waals surface area (Å²) in [6, 6.07) is 18.3. The Morgan fingerprint density at radius 1 is 0.958 bits per heavy atom. The van der Waals surface area contributed by atoms with E-state index in [0.29, 0.717) is 18.8 Å². The topological polar surface area (TPSA) is 57.7 Å². The van der Waals surface area contributed by atoms with Crippen LogP contribution >= 0.6 is 0 Å². The average molecular weight is 346 g/mol. The number of benzene rings is 2. The van der Waals surface area contributed by atoms with Gasteiger partial charge in [-0.1, -0.05) is 48.5 Å². The third-order valence-corrected chi connectivity index (χ3v) is 4.81. The molecule has 0 aliphatic carbocycles. The Bertz CT molecular complexity index is 761. The van der Waals surface area contributed by atoms with E-state index in [1.54, 1.807) is 35.2 Å². The zero-order valence-electron chi connectivity index (χ0n) is 13.9. The predicted molar refractivity (Wildman–Crippen MR) is 96.2 cm³/mol. The summed E-state index contributed by atoms with van der Waals surface area (Å²) >= 11 is 0. The van der Waals surface area contributed by atoms with Crippen molar-refractivity contribution in [1.82, 2.24) is 4.90 Å². The Labute approximate surface area is 143 Å². The van der Waals surface area contributed by atoms with Gasteiger partial charge in [-0.2, -0.15) is 0 Å².